The Labute approximate surface area is 125 Å². The summed E-state index contributed by atoms with van der Waals surface area (Å²) in [5.74, 6) is -0.194. The molecule has 3 rings (SSSR count). The second kappa shape index (κ2) is 6.09. The van der Waals surface area contributed by atoms with Crippen LogP contribution in [0.25, 0.3) is 21.9 Å². The van der Waals surface area contributed by atoms with E-state index in [1.165, 1.54) is 41.3 Å². The second-order valence-corrected chi connectivity index (χ2v) is 5.51. The summed E-state index contributed by atoms with van der Waals surface area (Å²) < 4.78 is 13.0. The van der Waals surface area contributed by atoms with Crippen LogP contribution in [0.3, 0.4) is 0 Å². The van der Waals surface area contributed by atoms with Crippen molar-refractivity contribution in [1.29, 1.82) is 0 Å². The number of hydrogen-bond acceptors (Lipinski definition) is 0. The highest BCUT2D eigenvalue weighted by Gasteiger charge is 2.01. The molecule has 0 aliphatic rings. The zero-order valence-electron chi connectivity index (χ0n) is 12.3. The van der Waals surface area contributed by atoms with E-state index in [9.17, 15) is 4.39 Å². The molecule has 0 fully saturated rings. The molecule has 0 unspecified atom stereocenters. The molecule has 3 aromatic carbocycles. The third kappa shape index (κ3) is 3.13. The van der Waals surface area contributed by atoms with Crippen molar-refractivity contribution < 1.29 is 4.39 Å². The van der Waals surface area contributed by atoms with Crippen LogP contribution in [0.15, 0.2) is 60.7 Å². The van der Waals surface area contributed by atoms with Crippen LogP contribution < -0.4 is 0 Å². The molecule has 1 heteroatoms. The highest BCUT2D eigenvalue weighted by molar-refractivity contribution is 5.87. The molecule has 0 saturated heterocycles. The van der Waals surface area contributed by atoms with Gasteiger partial charge in [0, 0.05) is 0 Å². The fourth-order valence-corrected chi connectivity index (χ4v) is 2.65. The molecule has 0 heterocycles. The summed E-state index contributed by atoms with van der Waals surface area (Å²) in [5, 5.41) is 2.51. The maximum atomic E-state index is 13.0. The predicted molar refractivity (Wildman–Crippen MR) is 88.0 cm³/mol. The molecule has 21 heavy (non-hydrogen) atoms. The number of benzene rings is 3. The first-order valence-corrected chi connectivity index (χ1v) is 7.55. The standard InChI is InChI=1S/C20H19F/c1-2-3-4-15-5-6-19-14-18(8-7-17(19)13-15)16-9-11-20(21)12-10-16/h5-14H,2-4H2,1H3. The number of fused-ring (bicyclic) bond motifs is 1. The van der Waals surface area contributed by atoms with E-state index in [-0.39, 0.29) is 5.82 Å². The molecule has 0 bridgehead atoms. The van der Waals surface area contributed by atoms with Gasteiger partial charge in [-0.3, -0.25) is 0 Å². The van der Waals surface area contributed by atoms with Gasteiger partial charge < -0.3 is 0 Å². The van der Waals surface area contributed by atoms with Crippen LogP contribution in [0.1, 0.15) is 25.3 Å². The Morgan fingerprint density at radius 3 is 2.19 bits per heavy atom. The van der Waals surface area contributed by atoms with Gasteiger partial charge in [-0.2, -0.15) is 0 Å². The third-order valence-corrected chi connectivity index (χ3v) is 3.90. The first-order valence-electron chi connectivity index (χ1n) is 7.55. The van der Waals surface area contributed by atoms with Gasteiger partial charge in [0.2, 0.25) is 0 Å². The van der Waals surface area contributed by atoms with Gasteiger partial charge >= 0.3 is 0 Å². The number of unbranched alkanes of at least 4 members (excludes halogenated alkanes) is 1. The van der Waals surface area contributed by atoms with Crippen LogP contribution in [0.4, 0.5) is 4.39 Å². The van der Waals surface area contributed by atoms with Crippen molar-refractivity contribution in [2.45, 2.75) is 26.2 Å². The molecule has 0 N–H and O–H groups in total. The first kappa shape index (κ1) is 13.8. The lowest BCUT2D eigenvalue weighted by molar-refractivity contribution is 0.628. The normalized spacial score (nSPS) is 11.0. The van der Waals surface area contributed by atoms with Crippen molar-refractivity contribution in [3.63, 3.8) is 0 Å². The summed E-state index contributed by atoms with van der Waals surface area (Å²) in [6.45, 7) is 2.22. The van der Waals surface area contributed by atoms with E-state index >= 15 is 0 Å². The minimum atomic E-state index is -0.194. The van der Waals surface area contributed by atoms with Crippen LogP contribution in [0, 0.1) is 5.82 Å². The van der Waals surface area contributed by atoms with E-state index in [0.29, 0.717) is 0 Å². The third-order valence-electron chi connectivity index (χ3n) is 3.90. The number of aryl methyl sites for hydroxylation is 1. The number of halogens is 1. The minimum Gasteiger partial charge on any atom is -0.207 e. The van der Waals surface area contributed by atoms with Crippen LogP contribution in [-0.2, 0) is 6.42 Å². The molecule has 0 saturated carbocycles. The summed E-state index contributed by atoms with van der Waals surface area (Å²) in [6, 6.07) is 19.8. The van der Waals surface area contributed by atoms with E-state index in [0.717, 1.165) is 17.5 Å². The molecule has 106 valence electrons. The number of rotatable bonds is 4. The van der Waals surface area contributed by atoms with Crippen molar-refractivity contribution in [1.82, 2.24) is 0 Å². The Morgan fingerprint density at radius 1 is 0.762 bits per heavy atom. The van der Waals surface area contributed by atoms with Crippen molar-refractivity contribution in [2.75, 3.05) is 0 Å². The Kier molecular flexibility index (Phi) is 4.01. The molecule has 3 aromatic rings. The van der Waals surface area contributed by atoms with Crippen molar-refractivity contribution in [2.24, 2.45) is 0 Å². The van der Waals surface area contributed by atoms with Gasteiger partial charge in [0.05, 0.1) is 0 Å². The average Bonchev–Trinajstić information content (AvgIpc) is 2.53. The summed E-state index contributed by atoms with van der Waals surface area (Å²) in [7, 11) is 0. The maximum Gasteiger partial charge on any atom is 0.123 e. The Hall–Kier alpha value is -2.15. The van der Waals surface area contributed by atoms with Gasteiger partial charge in [-0.1, -0.05) is 55.8 Å². The van der Waals surface area contributed by atoms with Gasteiger partial charge in [0.25, 0.3) is 0 Å². The molecular weight excluding hydrogens is 259 g/mol. The zero-order valence-corrected chi connectivity index (χ0v) is 12.3. The van der Waals surface area contributed by atoms with Crippen LogP contribution in [-0.4, -0.2) is 0 Å². The molecular formula is C20H19F. The Bertz CT molecular complexity index is 741. The topological polar surface area (TPSA) is 0 Å². The SMILES string of the molecule is CCCCc1ccc2cc(-c3ccc(F)cc3)ccc2c1. The van der Waals surface area contributed by atoms with E-state index in [4.69, 9.17) is 0 Å². The van der Waals surface area contributed by atoms with E-state index in [1.807, 2.05) is 12.1 Å². The smallest absolute Gasteiger partial charge is 0.123 e. The summed E-state index contributed by atoms with van der Waals surface area (Å²) in [6.07, 6.45) is 3.60. The Morgan fingerprint density at radius 2 is 1.43 bits per heavy atom. The minimum absolute atomic E-state index is 0.194. The molecule has 0 nitrogen and oxygen atoms in total. The van der Waals surface area contributed by atoms with Gasteiger partial charge in [-0.15, -0.1) is 0 Å². The van der Waals surface area contributed by atoms with Gasteiger partial charge in [-0.05, 0) is 58.5 Å². The largest absolute Gasteiger partial charge is 0.207 e. The lowest BCUT2D eigenvalue weighted by Gasteiger charge is -2.06. The van der Waals surface area contributed by atoms with Gasteiger partial charge in [0.1, 0.15) is 5.82 Å². The molecule has 0 spiro atoms. The molecule has 0 aliphatic heterocycles. The van der Waals surface area contributed by atoms with Crippen LogP contribution in [0.2, 0.25) is 0 Å². The van der Waals surface area contributed by atoms with E-state index < -0.39 is 0 Å². The second-order valence-electron chi connectivity index (χ2n) is 5.51. The molecule has 0 aliphatic carbocycles. The lowest BCUT2D eigenvalue weighted by Crippen LogP contribution is -1.85. The summed E-state index contributed by atoms with van der Waals surface area (Å²) in [5.41, 5.74) is 3.58. The molecule has 0 amide bonds. The number of hydrogen-bond donors (Lipinski definition) is 0. The zero-order chi connectivity index (χ0) is 14.7. The van der Waals surface area contributed by atoms with Crippen LogP contribution >= 0.6 is 0 Å². The summed E-state index contributed by atoms with van der Waals surface area (Å²) >= 11 is 0. The predicted octanol–water partition coefficient (Wildman–Crippen LogP) is 5.99. The summed E-state index contributed by atoms with van der Waals surface area (Å²) in [4.78, 5) is 0. The monoisotopic (exact) mass is 278 g/mol. The van der Waals surface area contributed by atoms with E-state index in [2.05, 4.69) is 43.3 Å². The fourth-order valence-electron chi connectivity index (χ4n) is 2.65. The van der Waals surface area contributed by atoms with Crippen molar-refractivity contribution in [3.05, 3.63) is 72.0 Å². The molecule has 0 aromatic heterocycles. The van der Waals surface area contributed by atoms with Gasteiger partial charge in [0.15, 0.2) is 0 Å². The van der Waals surface area contributed by atoms with Crippen LogP contribution in [0.5, 0.6) is 0 Å². The van der Waals surface area contributed by atoms with Gasteiger partial charge in [-0.25, -0.2) is 4.39 Å². The lowest BCUT2D eigenvalue weighted by atomic mass is 9.98. The molecule has 0 atom stereocenters. The highest BCUT2D eigenvalue weighted by atomic mass is 19.1. The quantitative estimate of drug-likeness (QED) is 0.550. The van der Waals surface area contributed by atoms with E-state index in [1.54, 1.807) is 0 Å². The molecule has 0 radical (unpaired) electrons. The highest BCUT2D eigenvalue weighted by Crippen LogP contribution is 2.25. The van der Waals surface area contributed by atoms with Crippen molar-refractivity contribution >= 4 is 10.8 Å². The Balaban J connectivity index is 1.95. The van der Waals surface area contributed by atoms with Crippen molar-refractivity contribution in [3.8, 4) is 11.1 Å². The first-order chi connectivity index (χ1) is 10.3. The average molecular weight is 278 g/mol. The maximum absolute atomic E-state index is 13.0. The fraction of sp³-hybridized carbons (Fsp3) is 0.200.